The first-order valence-electron chi connectivity index (χ1n) is 5.84. The molecule has 0 bridgehead atoms. The second kappa shape index (κ2) is 7.20. The molecule has 0 heterocycles. The van der Waals surface area contributed by atoms with Crippen molar-refractivity contribution in [1.82, 2.24) is 0 Å². The maximum Gasteiger partial charge on any atom is 0.0936 e. The van der Waals surface area contributed by atoms with Crippen molar-refractivity contribution >= 4 is 0 Å². The average Bonchev–Trinajstić information content (AvgIpc) is 2.32. The lowest BCUT2D eigenvalue weighted by molar-refractivity contribution is 0.0429. The Hall–Kier alpha value is -0.120. The van der Waals surface area contributed by atoms with E-state index in [1.807, 2.05) is 6.92 Å². The molecule has 0 aromatic heterocycles. The van der Waals surface area contributed by atoms with E-state index in [1.54, 1.807) is 7.11 Å². The predicted octanol–water partition coefficient (Wildman–Crippen LogP) is 2.13. The number of ether oxygens (including phenoxy) is 1. The lowest BCUT2D eigenvalue weighted by Gasteiger charge is -2.20. The molecule has 1 fully saturated rings. The molecule has 0 amide bonds. The Morgan fingerprint density at radius 3 is 1.87 bits per heavy atom. The molecule has 0 saturated heterocycles. The normalized spacial score (nSPS) is 36.4. The number of aliphatic hydroxyl groups is 1. The van der Waals surface area contributed by atoms with Crippen LogP contribution in [0.15, 0.2) is 0 Å². The summed E-state index contributed by atoms with van der Waals surface area (Å²) in [6.45, 7) is 6.88. The second-order valence-electron chi connectivity index (χ2n) is 4.98. The quantitative estimate of drug-likeness (QED) is 0.522. The van der Waals surface area contributed by atoms with Crippen LogP contribution in [0.25, 0.3) is 0 Å². The smallest absolute Gasteiger partial charge is 0.0936 e. The molecular formula is C12H27NO2. The highest BCUT2D eigenvalue weighted by Crippen LogP contribution is 2.33. The van der Waals surface area contributed by atoms with Crippen molar-refractivity contribution in [2.75, 3.05) is 13.8 Å². The minimum atomic E-state index is -0.376. The fraction of sp³-hybridized carbons (Fsp3) is 1.00. The molecule has 15 heavy (non-hydrogen) atoms. The highest BCUT2D eigenvalue weighted by molar-refractivity contribution is 4.80. The molecule has 0 spiro atoms. The molecule has 0 aromatic rings. The van der Waals surface area contributed by atoms with Gasteiger partial charge in [0.25, 0.3) is 0 Å². The van der Waals surface area contributed by atoms with Gasteiger partial charge >= 0.3 is 0 Å². The zero-order chi connectivity index (χ0) is 11.9. The van der Waals surface area contributed by atoms with Gasteiger partial charge in [-0.3, -0.25) is 0 Å². The van der Waals surface area contributed by atoms with Gasteiger partial charge in [-0.2, -0.15) is 0 Å². The average molecular weight is 217 g/mol. The Bertz CT molecular complexity index is 144. The van der Waals surface area contributed by atoms with Gasteiger partial charge in [0.2, 0.25) is 0 Å². The number of hydrogen-bond donors (Lipinski definition) is 2. The summed E-state index contributed by atoms with van der Waals surface area (Å²) in [7, 11) is 1.56. The third kappa shape index (κ3) is 6.88. The van der Waals surface area contributed by atoms with Gasteiger partial charge < -0.3 is 15.6 Å². The van der Waals surface area contributed by atoms with Crippen LogP contribution in [0.1, 0.15) is 46.5 Å². The molecule has 0 aromatic carbocycles. The second-order valence-corrected chi connectivity index (χ2v) is 4.98. The molecule has 2 unspecified atom stereocenters. The summed E-state index contributed by atoms with van der Waals surface area (Å²) in [6.07, 6.45) is 4.35. The van der Waals surface area contributed by atoms with Crippen molar-refractivity contribution in [3.05, 3.63) is 0 Å². The molecule has 3 nitrogen and oxygen atoms in total. The molecular weight excluding hydrogens is 190 g/mol. The molecule has 0 aliphatic heterocycles. The zero-order valence-corrected chi connectivity index (χ0v) is 10.6. The Kier molecular flexibility index (Phi) is 7.14. The van der Waals surface area contributed by atoms with Gasteiger partial charge in [0.1, 0.15) is 0 Å². The molecule has 0 radical (unpaired) electrons. The van der Waals surface area contributed by atoms with Gasteiger partial charge in [-0.05, 0) is 44.4 Å². The monoisotopic (exact) mass is 217 g/mol. The SMILES string of the molecule is CC1CCC(C)(O)CCC1C.COCN. The van der Waals surface area contributed by atoms with Crippen LogP contribution in [0.3, 0.4) is 0 Å². The Morgan fingerprint density at radius 1 is 1.27 bits per heavy atom. The van der Waals surface area contributed by atoms with Crippen LogP contribution < -0.4 is 5.73 Å². The molecule has 1 aliphatic rings. The molecule has 1 rings (SSSR count). The van der Waals surface area contributed by atoms with Crippen LogP contribution in [0.4, 0.5) is 0 Å². The Morgan fingerprint density at radius 2 is 1.60 bits per heavy atom. The van der Waals surface area contributed by atoms with Crippen LogP contribution in [-0.4, -0.2) is 24.5 Å². The van der Waals surface area contributed by atoms with E-state index in [0.29, 0.717) is 6.73 Å². The zero-order valence-electron chi connectivity index (χ0n) is 10.6. The summed E-state index contributed by atoms with van der Waals surface area (Å²) in [5.41, 5.74) is 4.43. The molecule has 92 valence electrons. The standard InChI is InChI=1S/C10H20O.C2H7NO/c1-8-4-6-10(3,11)7-5-9(8)2;1-4-2-3/h8-9,11H,4-7H2,1-3H3;2-3H2,1H3. The van der Waals surface area contributed by atoms with Crippen molar-refractivity contribution in [3.63, 3.8) is 0 Å². The first-order valence-corrected chi connectivity index (χ1v) is 5.84. The highest BCUT2D eigenvalue weighted by Gasteiger charge is 2.27. The van der Waals surface area contributed by atoms with Crippen molar-refractivity contribution < 1.29 is 9.84 Å². The van der Waals surface area contributed by atoms with Gasteiger partial charge in [0, 0.05) is 7.11 Å². The molecule has 3 heteroatoms. The van der Waals surface area contributed by atoms with Crippen molar-refractivity contribution in [2.24, 2.45) is 17.6 Å². The lowest BCUT2D eigenvalue weighted by atomic mass is 9.92. The van der Waals surface area contributed by atoms with Crippen LogP contribution in [-0.2, 0) is 4.74 Å². The predicted molar refractivity (Wildman–Crippen MR) is 63.5 cm³/mol. The van der Waals surface area contributed by atoms with Crippen molar-refractivity contribution in [1.29, 1.82) is 0 Å². The maximum atomic E-state index is 9.79. The first-order chi connectivity index (χ1) is 6.93. The van der Waals surface area contributed by atoms with E-state index in [0.717, 1.165) is 24.7 Å². The van der Waals surface area contributed by atoms with E-state index in [-0.39, 0.29) is 5.60 Å². The molecule has 3 N–H and O–H groups in total. The number of hydrogen-bond acceptors (Lipinski definition) is 3. The fourth-order valence-corrected chi connectivity index (χ4v) is 1.77. The number of nitrogens with two attached hydrogens (primary N) is 1. The van der Waals surface area contributed by atoms with Gasteiger partial charge in [-0.25, -0.2) is 0 Å². The van der Waals surface area contributed by atoms with Crippen LogP contribution in [0.2, 0.25) is 0 Å². The molecule has 1 aliphatic carbocycles. The number of rotatable bonds is 1. The summed E-state index contributed by atoms with van der Waals surface area (Å²) < 4.78 is 4.32. The Balaban J connectivity index is 0.000000423. The van der Waals surface area contributed by atoms with Crippen LogP contribution in [0.5, 0.6) is 0 Å². The minimum absolute atomic E-state index is 0.319. The van der Waals surface area contributed by atoms with Crippen molar-refractivity contribution in [2.45, 2.75) is 52.1 Å². The molecule has 1 saturated carbocycles. The summed E-state index contributed by atoms with van der Waals surface area (Å²) in [5.74, 6) is 1.59. The summed E-state index contributed by atoms with van der Waals surface area (Å²) in [5, 5.41) is 9.79. The van der Waals surface area contributed by atoms with Gasteiger partial charge in [-0.1, -0.05) is 13.8 Å². The lowest BCUT2D eigenvalue weighted by Crippen LogP contribution is -2.22. The van der Waals surface area contributed by atoms with E-state index in [2.05, 4.69) is 18.6 Å². The minimum Gasteiger partial charge on any atom is -0.390 e. The highest BCUT2D eigenvalue weighted by atomic mass is 16.5. The first kappa shape index (κ1) is 14.9. The summed E-state index contributed by atoms with van der Waals surface area (Å²) >= 11 is 0. The fourth-order valence-electron chi connectivity index (χ4n) is 1.77. The Labute approximate surface area is 94.0 Å². The van der Waals surface area contributed by atoms with E-state index in [9.17, 15) is 5.11 Å². The van der Waals surface area contributed by atoms with Crippen molar-refractivity contribution in [3.8, 4) is 0 Å². The van der Waals surface area contributed by atoms with Gasteiger partial charge in [0.05, 0.1) is 12.3 Å². The van der Waals surface area contributed by atoms with E-state index >= 15 is 0 Å². The third-order valence-electron chi connectivity index (χ3n) is 3.41. The third-order valence-corrected chi connectivity index (χ3v) is 3.41. The van der Waals surface area contributed by atoms with Crippen LogP contribution in [0, 0.1) is 11.8 Å². The van der Waals surface area contributed by atoms with Gasteiger partial charge in [0.15, 0.2) is 0 Å². The molecule has 2 atom stereocenters. The van der Waals surface area contributed by atoms with E-state index in [4.69, 9.17) is 5.73 Å². The van der Waals surface area contributed by atoms with E-state index in [1.165, 1.54) is 12.8 Å². The summed E-state index contributed by atoms with van der Waals surface area (Å²) in [6, 6.07) is 0. The summed E-state index contributed by atoms with van der Waals surface area (Å²) in [4.78, 5) is 0. The topological polar surface area (TPSA) is 55.5 Å². The maximum absolute atomic E-state index is 9.79. The van der Waals surface area contributed by atoms with Gasteiger partial charge in [-0.15, -0.1) is 0 Å². The van der Waals surface area contributed by atoms with Crippen LogP contribution >= 0.6 is 0 Å². The largest absolute Gasteiger partial charge is 0.390 e. The number of methoxy groups -OCH3 is 1. The van der Waals surface area contributed by atoms with E-state index < -0.39 is 0 Å².